The molecule has 0 bridgehead atoms. The van der Waals surface area contributed by atoms with Gasteiger partial charge < -0.3 is 10.5 Å². The molecule has 2 heterocycles. The van der Waals surface area contributed by atoms with Crippen LogP contribution in [-0.2, 0) is 28.9 Å². The molecule has 0 radical (unpaired) electrons. The van der Waals surface area contributed by atoms with Crippen molar-refractivity contribution in [3.63, 3.8) is 0 Å². The summed E-state index contributed by atoms with van der Waals surface area (Å²) in [4.78, 5) is 50.0. The molecule has 13 heteroatoms. The molecule has 1 atom stereocenters. The van der Waals surface area contributed by atoms with Gasteiger partial charge in [-0.1, -0.05) is 18.2 Å². The second-order valence-electron chi connectivity index (χ2n) is 6.96. The summed E-state index contributed by atoms with van der Waals surface area (Å²) in [5.41, 5.74) is 3.46. The van der Waals surface area contributed by atoms with Crippen LogP contribution in [0.5, 0.6) is 0 Å². The quantitative estimate of drug-likeness (QED) is 0.364. The van der Waals surface area contributed by atoms with Crippen molar-refractivity contribution in [2.24, 2.45) is 14.1 Å². The minimum Gasteiger partial charge on any atom is -0.451 e. The Kier molecular flexibility index (Phi) is 6.56. The zero-order valence-electron chi connectivity index (χ0n) is 17.8. The molecule has 0 aliphatic heterocycles. The number of carbonyl (C=O) groups is 2. The maximum Gasteiger partial charge on any atom is 0.340 e. The van der Waals surface area contributed by atoms with Crippen molar-refractivity contribution in [2.45, 2.75) is 17.2 Å². The Labute approximate surface area is 192 Å². The average molecular weight is 493 g/mol. The number of nitrogens with one attached hydrogen (secondary N) is 1. The van der Waals surface area contributed by atoms with Crippen LogP contribution in [-0.4, -0.2) is 35.4 Å². The van der Waals surface area contributed by atoms with E-state index < -0.39 is 44.7 Å². The van der Waals surface area contributed by atoms with Gasteiger partial charge in [0.15, 0.2) is 6.10 Å². The summed E-state index contributed by atoms with van der Waals surface area (Å²) in [6, 6.07) is 8.69. The smallest absolute Gasteiger partial charge is 0.340 e. The Bertz CT molecular complexity index is 1450. The first kappa shape index (κ1) is 23.9. The van der Waals surface area contributed by atoms with Crippen molar-refractivity contribution in [1.29, 1.82) is 0 Å². The first-order valence-electron chi connectivity index (χ1n) is 9.41. The molecule has 3 rings (SSSR count). The van der Waals surface area contributed by atoms with E-state index in [4.69, 9.17) is 10.5 Å². The topological polar surface area (TPSA) is 160 Å². The van der Waals surface area contributed by atoms with Crippen LogP contribution < -0.4 is 21.7 Å². The van der Waals surface area contributed by atoms with Gasteiger partial charge >= 0.3 is 11.7 Å². The molecule has 11 nitrogen and oxygen atoms in total. The molecule has 0 spiro atoms. The largest absolute Gasteiger partial charge is 0.451 e. The number of esters is 1. The summed E-state index contributed by atoms with van der Waals surface area (Å²) in [6.45, 7) is 1.24. The van der Waals surface area contributed by atoms with Crippen molar-refractivity contribution >= 4 is 44.6 Å². The SMILES string of the molecule is CC(OC(=O)c1ccccc1NS(=O)(=O)c1cccs1)C(=O)c1c(N)n(C)c(=O)n(C)c1=O. The van der Waals surface area contributed by atoms with Gasteiger partial charge in [-0.2, -0.15) is 0 Å². The molecule has 0 saturated heterocycles. The lowest BCUT2D eigenvalue weighted by Gasteiger charge is -2.16. The number of ether oxygens (including phenoxy) is 1. The van der Waals surface area contributed by atoms with Crippen molar-refractivity contribution < 1.29 is 22.7 Å². The van der Waals surface area contributed by atoms with Crippen molar-refractivity contribution in [1.82, 2.24) is 9.13 Å². The van der Waals surface area contributed by atoms with Crippen molar-refractivity contribution in [3.8, 4) is 0 Å². The van der Waals surface area contributed by atoms with E-state index in [9.17, 15) is 27.6 Å². The van der Waals surface area contributed by atoms with Gasteiger partial charge in [-0.15, -0.1) is 11.3 Å². The summed E-state index contributed by atoms with van der Waals surface area (Å²) in [5, 5.41) is 1.59. The van der Waals surface area contributed by atoms with E-state index in [0.29, 0.717) is 4.57 Å². The second kappa shape index (κ2) is 9.03. The lowest BCUT2D eigenvalue weighted by atomic mass is 10.1. The molecule has 2 aromatic heterocycles. The third kappa shape index (κ3) is 4.59. The number of nitrogens with two attached hydrogens (primary N) is 1. The highest BCUT2D eigenvalue weighted by Crippen LogP contribution is 2.24. The highest BCUT2D eigenvalue weighted by molar-refractivity contribution is 7.94. The Morgan fingerprint density at radius 2 is 1.76 bits per heavy atom. The fraction of sp³-hybridized carbons (Fsp3) is 0.200. The molecule has 0 saturated carbocycles. The predicted molar refractivity (Wildman–Crippen MR) is 122 cm³/mol. The number of ketones is 1. The van der Waals surface area contributed by atoms with Crippen molar-refractivity contribution in [3.05, 3.63) is 73.7 Å². The number of carbonyl (C=O) groups excluding carboxylic acids is 2. The number of benzene rings is 1. The van der Waals surface area contributed by atoms with E-state index in [-0.39, 0.29) is 21.3 Å². The molecule has 1 aromatic carbocycles. The number of para-hydroxylation sites is 1. The van der Waals surface area contributed by atoms with Gasteiger partial charge in [0.2, 0.25) is 5.78 Å². The third-order valence-electron chi connectivity index (χ3n) is 4.76. The van der Waals surface area contributed by atoms with E-state index >= 15 is 0 Å². The molecule has 1 unspecified atom stereocenters. The lowest BCUT2D eigenvalue weighted by molar-refractivity contribution is 0.0319. The molecule has 33 heavy (non-hydrogen) atoms. The number of nitrogens with zero attached hydrogens (tertiary/aromatic N) is 2. The number of anilines is 2. The fourth-order valence-corrected chi connectivity index (χ4v) is 5.01. The molecular weight excluding hydrogens is 472 g/mol. The number of hydrogen-bond acceptors (Lipinski definition) is 9. The van der Waals surface area contributed by atoms with Gasteiger partial charge in [0.25, 0.3) is 15.6 Å². The van der Waals surface area contributed by atoms with E-state index in [2.05, 4.69) is 4.72 Å². The zero-order chi connectivity index (χ0) is 24.5. The average Bonchev–Trinajstić information content (AvgIpc) is 3.32. The maximum absolute atomic E-state index is 12.8. The summed E-state index contributed by atoms with van der Waals surface area (Å²) in [7, 11) is -1.46. The first-order valence-corrected chi connectivity index (χ1v) is 11.8. The van der Waals surface area contributed by atoms with Gasteiger partial charge in [0.05, 0.1) is 11.3 Å². The van der Waals surface area contributed by atoms with Gasteiger partial charge in [-0.05, 0) is 30.5 Å². The third-order valence-corrected chi connectivity index (χ3v) is 7.52. The van der Waals surface area contributed by atoms with Crippen LogP contribution in [0, 0.1) is 0 Å². The first-order chi connectivity index (χ1) is 15.5. The number of nitrogen functional groups attached to an aromatic ring is 1. The van der Waals surface area contributed by atoms with E-state index in [1.807, 2.05) is 0 Å². The monoisotopic (exact) mass is 492 g/mol. The number of hydrogen-bond donors (Lipinski definition) is 2. The van der Waals surface area contributed by atoms with Gasteiger partial charge in [-0.3, -0.25) is 23.4 Å². The van der Waals surface area contributed by atoms with E-state index in [1.54, 1.807) is 11.4 Å². The van der Waals surface area contributed by atoms with Gasteiger partial charge in [0, 0.05) is 14.1 Å². The minimum atomic E-state index is -3.94. The highest BCUT2D eigenvalue weighted by Gasteiger charge is 2.28. The molecular formula is C20H20N4O7S2. The molecule has 3 N–H and O–H groups in total. The minimum absolute atomic E-state index is 0.0481. The molecule has 174 valence electrons. The van der Waals surface area contributed by atoms with E-state index in [0.717, 1.165) is 15.9 Å². The summed E-state index contributed by atoms with van der Waals surface area (Å²) in [5.74, 6) is -2.27. The highest BCUT2D eigenvalue weighted by atomic mass is 32.2. The van der Waals surface area contributed by atoms with Crippen LogP contribution in [0.3, 0.4) is 0 Å². The van der Waals surface area contributed by atoms with E-state index in [1.165, 1.54) is 51.4 Å². The Morgan fingerprint density at radius 3 is 2.39 bits per heavy atom. The molecule has 0 aliphatic carbocycles. The van der Waals surface area contributed by atoms with Crippen molar-refractivity contribution in [2.75, 3.05) is 10.5 Å². The van der Waals surface area contributed by atoms with Crippen LogP contribution >= 0.6 is 11.3 Å². The number of sulfonamides is 1. The normalized spacial score (nSPS) is 12.2. The molecule has 3 aromatic rings. The Balaban J connectivity index is 1.88. The maximum atomic E-state index is 12.8. The van der Waals surface area contributed by atoms with Crippen LogP contribution in [0.4, 0.5) is 11.5 Å². The van der Waals surface area contributed by atoms with Crippen LogP contribution in [0.25, 0.3) is 0 Å². The van der Waals surface area contributed by atoms with Crippen LogP contribution in [0.2, 0.25) is 0 Å². The van der Waals surface area contributed by atoms with Gasteiger partial charge in [0.1, 0.15) is 15.6 Å². The van der Waals surface area contributed by atoms with Crippen LogP contribution in [0.15, 0.2) is 55.6 Å². The molecule has 0 amide bonds. The zero-order valence-corrected chi connectivity index (χ0v) is 19.4. The Hall–Kier alpha value is -3.71. The fourth-order valence-electron chi connectivity index (χ4n) is 2.93. The molecule has 0 fully saturated rings. The second-order valence-corrected chi connectivity index (χ2v) is 9.82. The summed E-state index contributed by atoms with van der Waals surface area (Å²) < 4.78 is 34.3. The Morgan fingerprint density at radius 1 is 1.09 bits per heavy atom. The standard InChI is InChI=1S/C20H20N4O7S2/c1-11(16(25)15-17(21)23(2)20(28)24(3)18(15)26)31-19(27)12-7-4-5-8-13(12)22-33(29,30)14-9-6-10-32-14/h4-11,22H,21H2,1-3H3. The van der Waals surface area contributed by atoms with Gasteiger partial charge in [-0.25, -0.2) is 18.0 Å². The summed E-state index contributed by atoms with van der Waals surface area (Å²) in [6.07, 6.45) is -1.45. The predicted octanol–water partition coefficient (Wildman–Crippen LogP) is 0.957. The lowest BCUT2D eigenvalue weighted by Crippen LogP contribution is -2.43. The number of thiophene rings is 1. The number of Topliss-reactive ketones (excluding diaryl/α,β-unsaturated/α-hetero) is 1. The van der Waals surface area contributed by atoms with Crippen LogP contribution in [0.1, 0.15) is 27.6 Å². The summed E-state index contributed by atoms with van der Waals surface area (Å²) >= 11 is 1.00. The number of aromatic nitrogens is 2. The molecule has 0 aliphatic rings. The number of rotatable bonds is 7.